The fraction of sp³-hybridized carbons (Fsp3) is 0.200. The predicted molar refractivity (Wildman–Crippen MR) is 48.4 cm³/mol. The number of nitrogens with one attached hydrogen (secondary N) is 1. The van der Waals surface area contributed by atoms with Gasteiger partial charge in [-0.2, -0.15) is 0 Å². The normalized spacial score (nSPS) is 24.9. The van der Waals surface area contributed by atoms with Crippen molar-refractivity contribution in [2.24, 2.45) is 0 Å². The van der Waals surface area contributed by atoms with E-state index in [1.54, 1.807) is 0 Å². The minimum atomic E-state index is -1.36. The molecule has 0 aromatic heterocycles. The zero-order valence-corrected chi connectivity index (χ0v) is 7.91. The quantitative estimate of drug-likeness (QED) is 0.758. The summed E-state index contributed by atoms with van der Waals surface area (Å²) in [6, 6.07) is 5.24. The van der Waals surface area contributed by atoms with Gasteiger partial charge in [0.25, 0.3) is 5.91 Å². The van der Waals surface area contributed by atoms with Crippen LogP contribution in [-0.2, 0) is 15.1 Å². The van der Waals surface area contributed by atoms with Crippen molar-refractivity contribution >= 4 is 12.0 Å². The van der Waals surface area contributed by atoms with Crippen LogP contribution < -0.4 is 5.32 Å². The number of amides is 2. The molecule has 78 valence electrons. The molecule has 0 aliphatic carbocycles. The number of imide groups is 1. The molecule has 4 nitrogen and oxygen atoms in total. The monoisotopic (exact) mass is 209 g/mol. The van der Waals surface area contributed by atoms with E-state index in [0.717, 1.165) is 0 Å². The van der Waals surface area contributed by atoms with Crippen LogP contribution in [0.15, 0.2) is 24.3 Å². The molecule has 0 radical (unpaired) electrons. The molecule has 15 heavy (non-hydrogen) atoms. The molecule has 0 spiro atoms. The molecule has 1 N–H and O–H groups in total. The van der Waals surface area contributed by atoms with E-state index in [9.17, 15) is 14.0 Å². The average molecular weight is 209 g/mol. The van der Waals surface area contributed by atoms with Crippen molar-refractivity contribution < 1.29 is 18.7 Å². The number of hydrogen-bond donors (Lipinski definition) is 1. The highest BCUT2D eigenvalue weighted by Crippen LogP contribution is 2.29. The van der Waals surface area contributed by atoms with Gasteiger partial charge in [-0.25, -0.2) is 9.18 Å². The lowest BCUT2D eigenvalue weighted by Gasteiger charge is -2.19. The van der Waals surface area contributed by atoms with E-state index in [0.29, 0.717) is 5.56 Å². The lowest BCUT2D eigenvalue weighted by atomic mass is 9.95. The van der Waals surface area contributed by atoms with Crippen LogP contribution in [-0.4, -0.2) is 12.0 Å². The van der Waals surface area contributed by atoms with Crippen molar-refractivity contribution in [3.05, 3.63) is 35.6 Å². The molecule has 0 saturated carbocycles. The van der Waals surface area contributed by atoms with E-state index in [1.807, 2.05) is 5.32 Å². The molecule has 0 bridgehead atoms. The molecular formula is C10H8FNO3. The molecule has 1 atom stereocenters. The Morgan fingerprint density at radius 2 is 1.87 bits per heavy atom. The number of rotatable bonds is 1. The van der Waals surface area contributed by atoms with E-state index in [-0.39, 0.29) is 0 Å². The molecule has 1 aliphatic heterocycles. The van der Waals surface area contributed by atoms with Crippen LogP contribution in [0.3, 0.4) is 0 Å². The van der Waals surface area contributed by atoms with Crippen LogP contribution in [0.1, 0.15) is 12.5 Å². The van der Waals surface area contributed by atoms with E-state index in [1.165, 1.54) is 31.2 Å². The van der Waals surface area contributed by atoms with Gasteiger partial charge >= 0.3 is 6.09 Å². The van der Waals surface area contributed by atoms with Gasteiger partial charge in [-0.15, -0.1) is 0 Å². The van der Waals surface area contributed by atoms with E-state index in [4.69, 9.17) is 4.74 Å². The second kappa shape index (κ2) is 3.05. The second-order valence-corrected chi connectivity index (χ2v) is 3.38. The summed E-state index contributed by atoms with van der Waals surface area (Å²) in [5.41, 5.74) is -0.919. The van der Waals surface area contributed by atoms with Crippen LogP contribution in [0.5, 0.6) is 0 Å². The number of ether oxygens (including phenoxy) is 1. The Hall–Kier alpha value is -1.91. The number of cyclic esters (lactones) is 1. The number of benzene rings is 1. The first kappa shape index (κ1) is 9.64. The van der Waals surface area contributed by atoms with Crippen LogP contribution in [0.2, 0.25) is 0 Å². The van der Waals surface area contributed by atoms with Crippen LogP contribution in [0, 0.1) is 5.82 Å². The zero-order valence-electron chi connectivity index (χ0n) is 7.91. The first-order chi connectivity index (χ1) is 7.02. The summed E-state index contributed by atoms with van der Waals surface area (Å²) in [5, 5.41) is 2.03. The number of carbonyl (C=O) groups excluding carboxylic acids is 2. The third kappa shape index (κ3) is 1.45. The highest BCUT2D eigenvalue weighted by molar-refractivity contribution is 6.03. The van der Waals surface area contributed by atoms with Gasteiger partial charge in [0.2, 0.25) is 5.60 Å². The maximum Gasteiger partial charge on any atom is 0.415 e. The van der Waals surface area contributed by atoms with Crippen molar-refractivity contribution in [2.75, 3.05) is 0 Å². The van der Waals surface area contributed by atoms with Crippen molar-refractivity contribution in [3.63, 3.8) is 0 Å². The predicted octanol–water partition coefficient (Wildman–Crippen LogP) is 1.31. The molecule has 1 aliphatic rings. The molecule has 1 saturated heterocycles. The van der Waals surface area contributed by atoms with Crippen LogP contribution in [0.25, 0.3) is 0 Å². The third-order valence-corrected chi connectivity index (χ3v) is 2.34. The molecule has 2 amide bonds. The van der Waals surface area contributed by atoms with E-state index in [2.05, 4.69) is 0 Å². The SMILES string of the molecule is CC1(c2ccc(F)cc2)OC(=O)NC1=O. The number of halogens is 1. The standard InChI is InChI=1S/C10H8FNO3/c1-10(8(13)12-9(14)15-10)6-2-4-7(11)5-3-6/h2-5H,1H3,(H,12,13,14). The Morgan fingerprint density at radius 3 is 2.33 bits per heavy atom. The number of hydrogen-bond acceptors (Lipinski definition) is 3. The van der Waals surface area contributed by atoms with Gasteiger partial charge in [-0.1, -0.05) is 12.1 Å². The van der Waals surface area contributed by atoms with Crippen molar-refractivity contribution in [1.29, 1.82) is 0 Å². The Morgan fingerprint density at radius 1 is 1.27 bits per heavy atom. The fourth-order valence-corrected chi connectivity index (χ4v) is 1.43. The largest absolute Gasteiger partial charge is 0.428 e. The number of alkyl carbamates (subject to hydrolysis) is 1. The molecule has 5 heteroatoms. The summed E-state index contributed by atoms with van der Waals surface area (Å²) in [4.78, 5) is 22.3. The summed E-state index contributed by atoms with van der Waals surface area (Å²) in [6.45, 7) is 1.46. The van der Waals surface area contributed by atoms with Crippen LogP contribution >= 0.6 is 0 Å². The smallest absolute Gasteiger partial charge is 0.415 e. The van der Waals surface area contributed by atoms with Crippen LogP contribution in [0.4, 0.5) is 9.18 Å². The van der Waals surface area contributed by atoms with Gasteiger partial charge in [-0.3, -0.25) is 10.1 Å². The highest BCUT2D eigenvalue weighted by atomic mass is 19.1. The van der Waals surface area contributed by atoms with Gasteiger partial charge in [0.1, 0.15) is 5.82 Å². The maximum absolute atomic E-state index is 12.7. The molecule has 1 aromatic carbocycles. The summed E-state index contributed by atoms with van der Waals surface area (Å²) < 4.78 is 17.5. The lowest BCUT2D eigenvalue weighted by molar-refractivity contribution is -0.130. The minimum Gasteiger partial charge on any atom is -0.428 e. The van der Waals surface area contributed by atoms with Crippen molar-refractivity contribution in [1.82, 2.24) is 5.32 Å². The molecule has 1 unspecified atom stereocenters. The van der Waals surface area contributed by atoms with Gasteiger partial charge in [-0.05, 0) is 19.1 Å². The van der Waals surface area contributed by atoms with Crippen molar-refractivity contribution in [2.45, 2.75) is 12.5 Å². The molecule has 2 rings (SSSR count). The topological polar surface area (TPSA) is 55.4 Å². The Kier molecular flexibility index (Phi) is 1.96. The summed E-state index contributed by atoms with van der Waals surface area (Å²) >= 11 is 0. The van der Waals surface area contributed by atoms with Gasteiger partial charge in [0.05, 0.1) is 0 Å². The fourth-order valence-electron chi connectivity index (χ4n) is 1.43. The minimum absolute atomic E-state index is 0.410. The van der Waals surface area contributed by atoms with E-state index < -0.39 is 23.4 Å². The Labute approximate surface area is 85.0 Å². The first-order valence-electron chi connectivity index (χ1n) is 4.33. The third-order valence-electron chi connectivity index (χ3n) is 2.34. The average Bonchev–Trinajstić information content (AvgIpc) is 2.42. The Bertz CT molecular complexity index is 429. The second-order valence-electron chi connectivity index (χ2n) is 3.38. The molecule has 1 aromatic rings. The van der Waals surface area contributed by atoms with Gasteiger partial charge in [0, 0.05) is 5.56 Å². The summed E-state index contributed by atoms with van der Waals surface area (Å²) in [6.07, 6.45) is -0.785. The molecular weight excluding hydrogens is 201 g/mol. The van der Waals surface area contributed by atoms with E-state index >= 15 is 0 Å². The highest BCUT2D eigenvalue weighted by Gasteiger charge is 2.46. The van der Waals surface area contributed by atoms with Gasteiger partial charge in [0.15, 0.2) is 0 Å². The molecule has 1 fully saturated rings. The first-order valence-corrected chi connectivity index (χ1v) is 4.33. The number of carbonyl (C=O) groups is 2. The van der Waals surface area contributed by atoms with Crippen molar-refractivity contribution in [3.8, 4) is 0 Å². The lowest BCUT2D eigenvalue weighted by Crippen LogP contribution is -2.33. The van der Waals surface area contributed by atoms with Gasteiger partial charge < -0.3 is 4.74 Å². The summed E-state index contributed by atoms with van der Waals surface area (Å²) in [5.74, 6) is -0.953. The molecule has 1 heterocycles. The zero-order chi connectivity index (χ0) is 11.1. The Balaban J connectivity index is 2.41. The maximum atomic E-state index is 12.7. The summed E-state index contributed by atoms with van der Waals surface area (Å²) in [7, 11) is 0.